The smallest absolute Gasteiger partial charge is 0.317 e. The third kappa shape index (κ3) is 7.07. The molecule has 18 heavy (non-hydrogen) atoms. The van der Waals surface area contributed by atoms with Crippen LogP contribution in [-0.2, 0) is 29.1 Å². The normalized spacial score (nSPS) is 17.6. The summed E-state index contributed by atoms with van der Waals surface area (Å²) in [7, 11) is 0. The molecule has 1 aliphatic carbocycles. The monoisotopic (exact) mass is 307 g/mol. The number of aliphatic carboxylic acids is 2. The molecular formula is C12H21NO4Zn. The Balaban J connectivity index is 0.00000289. The Morgan fingerprint density at radius 3 is 1.67 bits per heavy atom. The molecule has 0 unspecified atom stereocenters. The number of carbonyl (C=O) groups is 2. The maximum Gasteiger partial charge on any atom is 0.317 e. The van der Waals surface area contributed by atoms with Gasteiger partial charge in [0.1, 0.15) is 0 Å². The first kappa shape index (κ1) is 17.5. The SMILES string of the molecule is O=C(O)CN(CC(=O)O)C1CCCCCCC1.[Zn]. The zero-order valence-corrected chi connectivity index (χ0v) is 13.8. The molecule has 5 nitrogen and oxygen atoms in total. The molecule has 0 saturated heterocycles. The standard InChI is InChI=1S/C12H21NO4.Zn/c14-11(15)8-13(9-12(16)17)10-6-4-2-1-3-5-7-10;/h10H,1-9H2,(H,14,15)(H,16,17);. The van der Waals surface area contributed by atoms with Gasteiger partial charge < -0.3 is 10.2 Å². The zero-order chi connectivity index (χ0) is 12.7. The number of rotatable bonds is 5. The Morgan fingerprint density at radius 2 is 1.28 bits per heavy atom. The molecule has 0 aromatic rings. The van der Waals surface area contributed by atoms with Crippen molar-refractivity contribution in [1.82, 2.24) is 4.90 Å². The van der Waals surface area contributed by atoms with Gasteiger partial charge in [-0.3, -0.25) is 14.5 Å². The number of carboxylic acids is 2. The van der Waals surface area contributed by atoms with Gasteiger partial charge in [-0.1, -0.05) is 32.1 Å². The molecule has 1 saturated carbocycles. The molecule has 100 valence electrons. The van der Waals surface area contributed by atoms with Gasteiger partial charge in [0.25, 0.3) is 0 Å². The van der Waals surface area contributed by atoms with E-state index in [0.29, 0.717) is 0 Å². The fraction of sp³-hybridized carbons (Fsp3) is 0.833. The molecule has 0 aromatic heterocycles. The first-order valence-electron chi connectivity index (χ1n) is 6.27. The van der Waals surface area contributed by atoms with Crippen molar-refractivity contribution >= 4 is 11.9 Å². The van der Waals surface area contributed by atoms with E-state index in [0.717, 1.165) is 25.7 Å². The summed E-state index contributed by atoms with van der Waals surface area (Å²) in [6, 6.07) is 0.113. The second kappa shape index (κ2) is 9.45. The molecule has 1 aliphatic rings. The molecule has 0 atom stereocenters. The maximum absolute atomic E-state index is 10.8. The zero-order valence-electron chi connectivity index (χ0n) is 10.8. The van der Waals surface area contributed by atoms with Gasteiger partial charge in [-0.05, 0) is 12.8 Å². The van der Waals surface area contributed by atoms with Crippen LogP contribution in [0.2, 0.25) is 0 Å². The molecule has 0 spiro atoms. The van der Waals surface area contributed by atoms with Gasteiger partial charge >= 0.3 is 11.9 Å². The minimum atomic E-state index is -0.951. The van der Waals surface area contributed by atoms with Crippen molar-refractivity contribution in [3.8, 4) is 0 Å². The van der Waals surface area contributed by atoms with E-state index in [1.54, 1.807) is 4.90 Å². The van der Waals surface area contributed by atoms with Crippen molar-refractivity contribution in [2.75, 3.05) is 13.1 Å². The molecule has 1 fully saturated rings. The van der Waals surface area contributed by atoms with E-state index in [1.165, 1.54) is 19.3 Å². The average Bonchev–Trinajstić information content (AvgIpc) is 2.13. The summed E-state index contributed by atoms with van der Waals surface area (Å²) in [6.07, 6.45) is 7.56. The second-order valence-corrected chi connectivity index (χ2v) is 4.69. The summed E-state index contributed by atoms with van der Waals surface area (Å²) < 4.78 is 0. The fourth-order valence-electron chi connectivity index (χ4n) is 2.46. The first-order valence-corrected chi connectivity index (χ1v) is 6.27. The van der Waals surface area contributed by atoms with Crippen LogP contribution in [0, 0.1) is 0 Å². The third-order valence-corrected chi connectivity index (χ3v) is 3.27. The van der Waals surface area contributed by atoms with Crippen LogP contribution in [0.1, 0.15) is 44.9 Å². The molecule has 2 N–H and O–H groups in total. The molecule has 0 heterocycles. The topological polar surface area (TPSA) is 77.8 Å². The third-order valence-electron chi connectivity index (χ3n) is 3.27. The molecule has 1 rings (SSSR count). The van der Waals surface area contributed by atoms with E-state index in [-0.39, 0.29) is 38.6 Å². The minimum Gasteiger partial charge on any atom is -0.480 e. The minimum absolute atomic E-state index is 0. The summed E-state index contributed by atoms with van der Waals surface area (Å²) >= 11 is 0. The predicted octanol–water partition coefficient (Wildman–Crippen LogP) is 1.57. The molecule has 6 heteroatoms. The molecule has 0 radical (unpaired) electrons. The van der Waals surface area contributed by atoms with Crippen LogP contribution in [0.25, 0.3) is 0 Å². The van der Waals surface area contributed by atoms with E-state index in [9.17, 15) is 9.59 Å². The Hall–Kier alpha value is -0.477. The summed E-state index contributed by atoms with van der Waals surface area (Å²) in [5.74, 6) is -1.90. The van der Waals surface area contributed by atoms with Gasteiger partial charge in [0.15, 0.2) is 0 Å². The van der Waals surface area contributed by atoms with Gasteiger partial charge in [0.2, 0.25) is 0 Å². The molecule has 0 bridgehead atoms. The summed E-state index contributed by atoms with van der Waals surface area (Å²) in [4.78, 5) is 23.1. The van der Waals surface area contributed by atoms with Crippen LogP contribution in [0.3, 0.4) is 0 Å². The Morgan fingerprint density at radius 1 is 0.889 bits per heavy atom. The van der Waals surface area contributed by atoms with E-state index in [2.05, 4.69) is 0 Å². The molecular weight excluding hydrogens is 288 g/mol. The van der Waals surface area contributed by atoms with Crippen LogP contribution in [0.4, 0.5) is 0 Å². The van der Waals surface area contributed by atoms with Crippen LogP contribution < -0.4 is 0 Å². The Kier molecular flexibility index (Phi) is 9.20. The summed E-state index contributed by atoms with van der Waals surface area (Å²) in [5.41, 5.74) is 0. The predicted molar refractivity (Wildman–Crippen MR) is 63.0 cm³/mol. The van der Waals surface area contributed by atoms with Crippen LogP contribution >= 0.6 is 0 Å². The first-order chi connectivity index (χ1) is 8.09. The van der Waals surface area contributed by atoms with Gasteiger partial charge in [-0.15, -0.1) is 0 Å². The van der Waals surface area contributed by atoms with Gasteiger partial charge in [-0.25, -0.2) is 0 Å². The van der Waals surface area contributed by atoms with E-state index < -0.39 is 11.9 Å². The fourth-order valence-corrected chi connectivity index (χ4v) is 2.46. The largest absolute Gasteiger partial charge is 0.480 e. The van der Waals surface area contributed by atoms with Gasteiger partial charge in [0.05, 0.1) is 13.1 Å². The number of hydrogen-bond donors (Lipinski definition) is 2. The van der Waals surface area contributed by atoms with Crippen LogP contribution in [-0.4, -0.2) is 46.2 Å². The average molecular weight is 309 g/mol. The van der Waals surface area contributed by atoms with E-state index in [4.69, 9.17) is 10.2 Å². The van der Waals surface area contributed by atoms with Crippen molar-refractivity contribution in [3.05, 3.63) is 0 Å². The van der Waals surface area contributed by atoms with Crippen molar-refractivity contribution in [3.63, 3.8) is 0 Å². The maximum atomic E-state index is 10.8. The summed E-state index contributed by atoms with van der Waals surface area (Å²) in [6.45, 7) is -0.339. The second-order valence-electron chi connectivity index (χ2n) is 4.69. The molecule has 0 amide bonds. The quantitative estimate of drug-likeness (QED) is 0.754. The molecule has 0 aliphatic heterocycles. The number of carboxylic acid groups (broad SMARTS) is 2. The van der Waals surface area contributed by atoms with Crippen molar-refractivity contribution in [2.24, 2.45) is 0 Å². The van der Waals surface area contributed by atoms with Crippen LogP contribution in [0.5, 0.6) is 0 Å². The number of hydrogen-bond acceptors (Lipinski definition) is 3. The Bertz CT molecular complexity index is 249. The summed E-state index contributed by atoms with van der Waals surface area (Å²) in [5, 5.41) is 17.6. The van der Waals surface area contributed by atoms with E-state index in [1.807, 2.05) is 0 Å². The Labute approximate surface area is 120 Å². The van der Waals surface area contributed by atoms with Gasteiger partial charge in [0, 0.05) is 25.5 Å². The van der Waals surface area contributed by atoms with Crippen LogP contribution in [0.15, 0.2) is 0 Å². The molecule has 0 aromatic carbocycles. The van der Waals surface area contributed by atoms with Gasteiger partial charge in [-0.2, -0.15) is 0 Å². The number of nitrogens with zero attached hydrogens (tertiary/aromatic N) is 1. The van der Waals surface area contributed by atoms with Crippen molar-refractivity contribution in [1.29, 1.82) is 0 Å². The van der Waals surface area contributed by atoms with Crippen molar-refractivity contribution in [2.45, 2.75) is 51.0 Å². The van der Waals surface area contributed by atoms with E-state index >= 15 is 0 Å². The van der Waals surface area contributed by atoms with Crippen molar-refractivity contribution < 1.29 is 39.3 Å².